The Morgan fingerprint density at radius 1 is 1.09 bits per heavy atom. The summed E-state index contributed by atoms with van der Waals surface area (Å²) in [6, 6.07) is 11.9. The third kappa shape index (κ3) is 9.42. The Bertz CT molecular complexity index is 1450. The Hall–Kier alpha value is -4.15. The van der Waals surface area contributed by atoms with Crippen LogP contribution in [0, 0.1) is 11.2 Å². The van der Waals surface area contributed by atoms with Crippen molar-refractivity contribution >= 4 is 23.5 Å². The average molecular weight is 629 g/mol. The van der Waals surface area contributed by atoms with E-state index in [9.17, 15) is 22.8 Å². The number of carbonyl (C=O) groups excluding carboxylic acids is 2. The van der Waals surface area contributed by atoms with Gasteiger partial charge in [-0.25, -0.2) is 9.07 Å². The molecule has 44 heavy (non-hydrogen) atoms. The highest BCUT2D eigenvalue weighted by Gasteiger charge is 2.39. The molecule has 2 unspecified atom stereocenters. The molecule has 0 saturated heterocycles. The lowest BCUT2D eigenvalue weighted by Gasteiger charge is -2.35. The third-order valence-electron chi connectivity index (χ3n) is 6.92. The summed E-state index contributed by atoms with van der Waals surface area (Å²) in [5.41, 5.74) is 0.396. The van der Waals surface area contributed by atoms with E-state index < -0.39 is 35.7 Å². The van der Waals surface area contributed by atoms with E-state index in [0.29, 0.717) is 33.9 Å². The zero-order chi connectivity index (χ0) is 32.3. The summed E-state index contributed by atoms with van der Waals surface area (Å²) in [6.07, 6.45) is 6.28. The van der Waals surface area contributed by atoms with Crippen LogP contribution in [0.5, 0.6) is 0 Å². The van der Waals surface area contributed by atoms with Crippen LogP contribution < -0.4 is 5.32 Å². The van der Waals surface area contributed by atoms with Gasteiger partial charge in [0, 0.05) is 42.5 Å². The van der Waals surface area contributed by atoms with Crippen LogP contribution in [0.2, 0.25) is 5.02 Å². The maximum atomic E-state index is 14.5. The first-order valence-corrected chi connectivity index (χ1v) is 14.3. The molecule has 0 aliphatic rings. The van der Waals surface area contributed by atoms with E-state index in [0.717, 1.165) is 11.8 Å². The highest BCUT2D eigenvalue weighted by atomic mass is 35.5. The van der Waals surface area contributed by atoms with Crippen LogP contribution in [-0.4, -0.2) is 58.8 Å². The predicted molar refractivity (Wildman–Crippen MR) is 166 cm³/mol. The van der Waals surface area contributed by atoms with Gasteiger partial charge in [-0.3, -0.25) is 14.5 Å². The lowest BCUT2D eigenvalue weighted by Crippen LogP contribution is -2.48. The summed E-state index contributed by atoms with van der Waals surface area (Å²) in [5, 5.41) is 6.95. The number of esters is 1. The van der Waals surface area contributed by atoms with Gasteiger partial charge in [-0.15, -0.1) is 13.2 Å². The monoisotopic (exact) mass is 628 g/mol. The predicted octanol–water partition coefficient (Wildman–Crippen LogP) is 6.88. The van der Waals surface area contributed by atoms with Crippen LogP contribution in [-0.2, 0) is 16.0 Å². The molecule has 1 heterocycles. The van der Waals surface area contributed by atoms with Gasteiger partial charge < -0.3 is 10.1 Å². The first kappa shape index (κ1) is 34.3. The highest BCUT2D eigenvalue weighted by Crippen LogP contribution is 2.30. The maximum absolute atomic E-state index is 14.5. The molecule has 1 N–H and O–H groups in total. The fourth-order valence-corrected chi connectivity index (χ4v) is 5.12. The van der Waals surface area contributed by atoms with E-state index in [2.05, 4.69) is 30.2 Å². The standard InChI is InChI=1S/C33H36ClF3N4O3/c1-5-15-40(16-6-2)22-33(4,31(43)44-18-7-3)21-26(38-30(42)29-14-17-41(39-29)32(36)37)19-23-8-10-24(11-9-23)27-20-25(34)12-13-28(27)35/h5-14,17,20,26,32H,1-3,15-16,18-19,21-22H2,4H3,(H,38,42). The Morgan fingerprint density at radius 3 is 2.36 bits per heavy atom. The van der Waals surface area contributed by atoms with Gasteiger partial charge in [-0.1, -0.05) is 60.7 Å². The number of ether oxygens (including phenoxy) is 1. The molecule has 3 aromatic rings. The molecule has 3 rings (SSSR count). The largest absolute Gasteiger partial charge is 0.461 e. The van der Waals surface area contributed by atoms with Gasteiger partial charge in [-0.05, 0) is 55.2 Å². The van der Waals surface area contributed by atoms with Gasteiger partial charge in [0.25, 0.3) is 5.91 Å². The van der Waals surface area contributed by atoms with Crippen molar-refractivity contribution in [2.75, 3.05) is 26.2 Å². The number of aromatic nitrogens is 2. The first-order valence-electron chi connectivity index (χ1n) is 13.9. The van der Waals surface area contributed by atoms with E-state index in [-0.39, 0.29) is 31.7 Å². The van der Waals surface area contributed by atoms with E-state index in [1.54, 1.807) is 43.3 Å². The minimum absolute atomic E-state index is 0.000946. The molecule has 2 aromatic carbocycles. The number of hydrogen-bond acceptors (Lipinski definition) is 5. The van der Waals surface area contributed by atoms with Gasteiger partial charge in [0.2, 0.25) is 0 Å². The molecule has 0 radical (unpaired) electrons. The molecular formula is C33H36ClF3N4O3. The molecular weight excluding hydrogens is 593 g/mol. The third-order valence-corrected chi connectivity index (χ3v) is 7.16. The Balaban J connectivity index is 1.95. The number of benzene rings is 2. The molecule has 1 aromatic heterocycles. The molecule has 1 amide bonds. The first-order chi connectivity index (χ1) is 21.0. The number of nitrogens with zero attached hydrogens (tertiary/aromatic N) is 3. The second-order valence-corrected chi connectivity index (χ2v) is 11.0. The number of hydrogen-bond donors (Lipinski definition) is 1. The summed E-state index contributed by atoms with van der Waals surface area (Å²) in [5.74, 6) is -1.60. The highest BCUT2D eigenvalue weighted by molar-refractivity contribution is 6.30. The van der Waals surface area contributed by atoms with Gasteiger partial charge >= 0.3 is 12.5 Å². The van der Waals surface area contributed by atoms with Crippen molar-refractivity contribution in [2.45, 2.75) is 32.4 Å². The number of halogens is 4. The molecule has 0 aliphatic carbocycles. The van der Waals surface area contributed by atoms with Crippen LogP contribution in [0.3, 0.4) is 0 Å². The fourth-order valence-electron chi connectivity index (χ4n) is 4.95. The van der Waals surface area contributed by atoms with Crippen molar-refractivity contribution in [3.63, 3.8) is 0 Å². The van der Waals surface area contributed by atoms with Crippen LogP contribution in [0.4, 0.5) is 13.2 Å². The minimum Gasteiger partial charge on any atom is -0.461 e. The smallest absolute Gasteiger partial charge is 0.333 e. The Morgan fingerprint density at radius 2 is 1.77 bits per heavy atom. The number of alkyl halides is 2. The molecule has 7 nitrogen and oxygen atoms in total. The lowest BCUT2D eigenvalue weighted by molar-refractivity contribution is -0.155. The van der Waals surface area contributed by atoms with Gasteiger partial charge in [0.1, 0.15) is 18.1 Å². The number of nitrogens with one attached hydrogen (secondary N) is 1. The zero-order valence-electron chi connectivity index (χ0n) is 24.5. The quantitative estimate of drug-likeness (QED) is 0.130. The molecule has 2 atom stereocenters. The van der Waals surface area contributed by atoms with Crippen LogP contribution in [0.25, 0.3) is 11.1 Å². The van der Waals surface area contributed by atoms with Crippen molar-refractivity contribution < 1.29 is 27.5 Å². The SMILES string of the molecule is C=CCOC(=O)C(C)(CC(Cc1ccc(-c2cc(Cl)ccc2F)cc1)NC(=O)c1ccn(C(F)F)n1)CN(CC=C)CC=C. The molecule has 234 valence electrons. The maximum Gasteiger partial charge on any atom is 0.333 e. The van der Waals surface area contributed by atoms with E-state index in [4.69, 9.17) is 16.3 Å². The van der Waals surface area contributed by atoms with Crippen LogP contribution in [0.1, 0.15) is 35.9 Å². The summed E-state index contributed by atoms with van der Waals surface area (Å²) in [7, 11) is 0. The van der Waals surface area contributed by atoms with Crippen molar-refractivity contribution in [1.29, 1.82) is 0 Å². The minimum atomic E-state index is -2.90. The topological polar surface area (TPSA) is 76.5 Å². The van der Waals surface area contributed by atoms with Crippen molar-refractivity contribution in [3.05, 3.63) is 115 Å². The molecule has 0 aliphatic heterocycles. The molecule has 0 fully saturated rings. The number of carbonyl (C=O) groups is 2. The summed E-state index contributed by atoms with van der Waals surface area (Å²) in [4.78, 5) is 28.6. The zero-order valence-corrected chi connectivity index (χ0v) is 25.3. The van der Waals surface area contributed by atoms with Crippen LogP contribution in [0.15, 0.2) is 92.7 Å². The van der Waals surface area contributed by atoms with Crippen molar-refractivity contribution in [2.24, 2.45) is 5.41 Å². The second-order valence-electron chi connectivity index (χ2n) is 10.6. The van der Waals surface area contributed by atoms with Gasteiger partial charge in [-0.2, -0.15) is 13.9 Å². The molecule has 11 heteroatoms. The van der Waals surface area contributed by atoms with Gasteiger partial charge in [0.15, 0.2) is 0 Å². The lowest BCUT2D eigenvalue weighted by atomic mass is 9.81. The molecule has 0 spiro atoms. The van der Waals surface area contributed by atoms with E-state index in [1.165, 1.54) is 30.3 Å². The molecule has 0 bridgehead atoms. The van der Waals surface area contributed by atoms with E-state index >= 15 is 0 Å². The van der Waals surface area contributed by atoms with Crippen molar-refractivity contribution in [3.8, 4) is 11.1 Å². The summed E-state index contributed by atoms with van der Waals surface area (Å²) >= 11 is 6.07. The van der Waals surface area contributed by atoms with Crippen LogP contribution >= 0.6 is 11.6 Å². The summed E-state index contributed by atoms with van der Waals surface area (Å²) < 4.78 is 46.6. The Kier molecular flexibility index (Phi) is 12.5. The fraction of sp³-hybridized carbons (Fsp3) is 0.303. The van der Waals surface area contributed by atoms with Crippen molar-refractivity contribution in [1.82, 2.24) is 20.0 Å². The van der Waals surface area contributed by atoms with E-state index in [1.807, 2.05) is 4.90 Å². The second kappa shape index (κ2) is 16.1. The normalized spacial score (nSPS) is 13.2. The molecule has 0 saturated carbocycles. The number of amides is 1. The average Bonchev–Trinajstić information content (AvgIpc) is 3.49. The Labute approximate surface area is 260 Å². The number of rotatable bonds is 17. The van der Waals surface area contributed by atoms with Gasteiger partial charge in [0.05, 0.1) is 5.41 Å². The summed E-state index contributed by atoms with van der Waals surface area (Å²) in [6.45, 7) is 11.2.